The molecule has 1 aromatic heterocycles. The van der Waals surface area contributed by atoms with Crippen LogP contribution in [0.3, 0.4) is 0 Å². The third-order valence-electron chi connectivity index (χ3n) is 2.41. The van der Waals surface area contributed by atoms with Gasteiger partial charge in [0.2, 0.25) is 0 Å². The molecule has 0 bridgehead atoms. The molecule has 72 valence electrons. The molecule has 1 fully saturated rings. The van der Waals surface area contributed by atoms with E-state index in [4.69, 9.17) is 4.42 Å². The van der Waals surface area contributed by atoms with E-state index in [0.717, 1.165) is 11.5 Å². The molecule has 0 radical (unpaired) electrons. The molecule has 4 heteroatoms. The van der Waals surface area contributed by atoms with Crippen LogP contribution in [0.25, 0.3) is 0 Å². The van der Waals surface area contributed by atoms with Crippen LogP contribution in [0, 0.1) is 6.92 Å². The Kier molecular flexibility index (Phi) is 2.99. The normalized spacial score (nSPS) is 19.2. The average molecular weight is 262 g/mol. The fraction of sp³-hybridized carbons (Fsp3) is 0.667. The lowest BCUT2D eigenvalue weighted by Crippen LogP contribution is -2.09. The van der Waals surface area contributed by atoms with Crippen molar-refractivity contribution in [2.75, 3.05) is 11.5 Å². The van der Waals surface area contributed by atoms with E-state index in [9.17, 15) is 0 Å². The predicted octanol–water partition coefficient (Wildman–Crippen LogP) is 3.36. The summed E-state index contributed by atoms with van der Waals surface area (Å²) in [7, 11) is 0. The molecule has 2 rings (SSSR count). The maximum Gasteiger partial charge on any atom is 0.264 e. The smallest absolute Gasteiger partial charge is 0.264 e. The molecular weight excluding hydrogens is 250 g/mol. The lowest BCUT2D eigenvalue weighted by Gasteiger charge is -2.19. The predicted molar refractivity (Wildman–Crippen MR) is 58.2 cm³/mol. The van der Waals surface area contributed by atoms with Crippen LogP contribution in [0.2, 0.25) is 0 Å². The molecule has 0 spiro atoms. The summed E-state index contributed by atoms with van der Waals surface area (Å²) in [6.45, 7) is 1.99. The van der Waals surface area contributed by atoms with Crippen LogP contribution < -0.4 is 0 Å². The third kappa shape index (κ3) is 2.10. The molecule has 1 aliphatic heterocycles. The van der Waals surface area contributed by atoms with Crippen molar-refractivity contribution < 1.29 is 4.42 Å². The van der Waals surface area contributed by atoms with Gasteiger partial charge in [0.05, 0.1) is 5.69 Å². The first-order valence-corrected chi connectivity index (χ1v) is 6.42. The van der Waals surface area contributed by atoms with Gasteiger partial charge in [0, 0.05) is 21.8 Å². The minimum Gasteiger partial charge on any atom is -0.436 e. The van der Waals surface area contributed by atoms with E-state index in [1.165, 1.54) is 24.3 Å². The molecule has 0 aromatic carbocycles. The van der Waals surface area contributed by atoms with Gasteiger partial charge in [0.15, 0.2) is 0 Å². The number of thioether (sulfide) groups is 1. The SMILES string of the molecule is Cc1oc(Br)nc1C1CCSCC1. The van der Waals surface area contributed by atoms with E-state index in [-0.39, 0.29) is 0 Å². The van der Waals surface area contributed by atoms with Crippen molar-refractivity contribution in [3.63, 3.8) is 0 Å². The molecule has 0 atom stereocenters. The lowest BCUT2D eigenvalue weighted by atomic mass is 9.98. The van der Waals surface area contributed by atoms with Gasteiger partial charge in [-0.2, -0.15) is 11.8 Å². The second-order valence-corrected chi connectivity index (χ2v) is 5.20. The monoisotopic (exact) mass is 261 g/mol. The largest absolute Gasteiger partial charge is 0.436 e. The Morgan fingerprint density at radius 1 is 1.46 bits per heavy atom. The molecule has 13 heavy (non-hydrogen) atoms. The number of oxazole rings is 1. The Balaban J connectivity index is 2.18. The summed E-state index contributed by atoms with van der Waals surface area (Å²) in [5.74, 6) is 4.11. The van der Waals surface area contributed by atoms with E-state index in [2.05, 4.69) is 20.9 Å². The highest BCUT2D eigenvalue weighted by molar-refractivity contribution is 9.10. The molecule has 1 aliphatic rings. The Morgan fingerprint density at radius 3 is 2.69 bits per heavy atom. The zero-order valence-electron chi connectivity index (χ0n) is 7.55. The Labute approximate surface area is 90.6 Å². The van der Waals surface area contributed by atoms with E-state index in [1.54, 1.807) is 0 Å². The highest BCUT2D eigenvalue weighted by Gasteiger charge is 2.21. The van der Waals surface area contributed by atoms with Crippen LogP contribution in [0.5, 0.6) is 0 Å². The number of hydrogen-bond donors (Lipinski definition) is 0. The minimum atomic E-state index is 0.622. The summed E-state index contributed by atoms with van der Waals surface area (Å²) in [6.07, 6.45) is 2.48. The van der Waals surface area contributed by atoms with Gasteiger partial charge >= 0.3 is 0 Å². The van der Waals surface area contributed by atoms with Crippen LogP contribution in [-0.4, -0.2) is 16.5 Å². The van der Waals surface area contributed by atoms with Gasteiger partial charge in [0.1, 0.15) is 5.76 Å². The second-order valence-electron chi connectivity index (χ2n) is 3.29. The van der Waals surface area contributed by atoms with Crippen molar-refractivity contribution in [1.29, 1.82) is 0 Å². The van der Waals surface area contributed by atoms with Crippen molar-refractivity contribution in [2.45, 2.75) is 25.7 Å². The standard InChI is InChI=1S/C9H12BrNOS/c1-6-8(11-9(10)12-6)7-2-4-13-5-3-7/h7H,2-5H2,1H3. The van der Waals surface area contributed by atoms with Gasteiger partial charge in [-0.3, -0.25) is 0 Å². The van der Waals surface area contributed by atoms with Crippen molar-refractivity contribution in [3.8, 4) is 0 Å². The van der Waals surface area contributed by atoms with Crippen LogP contribution >= 0.6 is 27.7 Å². The lowest BCUT2D eigenvalue weighted by molar-refractivity contribution is 0.494. The van der Waals surface area contributed by atoms with Crippen LogP contribution in [0.1, 0.15) is 30.2 Å². The number of aromatic nitrogens is 1. The van der Waals surface area contributed by atoms with Crippen molar-refractivity contribution in [3.05, 3.63) is 16.3 Å². The van der Waals surface area contributed by atoms with E-state index < -0.39 is 0 Å². The summed E-state index contributed by atoms with van der Waals surface area (Å²) in [5, 5.41) is 0. The maximum atomic E-state index is 5.37. The molecule has 0 amide bonds. The number of hydrogen-bond acceptors (Lipinski definition) is 3. The summed E-state index contributed by atoms with van der Waals surface area (Å²) < 4.78 is 5.37. The molecule has 0 unspecified atom stereocenters. The number of aryl methyl sites for hydroxylation is 1. The third-order valence-corrected chi connectivity index (χ3v) is 3.80. The Bertz CT molecular complexity index is 294. The van der Waals surface area contributed by atoms with E-state index in [1.807, 2.05) is 18.7 Å². The fourth-order valence-electron chi connectivity index (χ4n) is 1.72. The second kappa shape index (κ2) is 4.05. The fourth-order valence-corrected chi connectivity index (χ4v) is 3.26. The summed E-state index contributed by atoms with van der Waals surface area (Å²) in [6, 6.07) is 0. The van der Waals surface area contributed by atoms with E-state index in [0.29, 0.717) is 10.7 Å². The molecule has 1 saturated heterocycles. The summed E-state index contributed by atoms with van der Waals surface area (Å²) in [4.78, 5) is 5.00. The Hall–Kier alpha value is 0.0400. The van der Waals surface area contributed by atoms with Gasteiger partial charge in [-0.05, 0) is 31.3 Å². The molecule has 2 heterocycles. The quantitative estimate of drug-likeness (QED) is 0.776. The van der Waals surface area contributed by atoms with Crippen molar-refractivity contribution in [1.82, 2.24) is 4.98 Å². The zero-order valence-corrected chi connectivity index (χ0v) is 9.95. The van der Waals surface area contributed by atoms with Gasteiger partial charge in [-0.25, -0.2) is 4.98 Å². The highest BCUT2D eigenvalue weighted by Crippen LogP contribution is 2.33. The number of nitrogens with zero attached hydrogens (tertiary/aromatic N) is 1. The summed E-state index contributed by atoms with van der Waals surface area (Å²) >= 11 is 5.30. The van der Waals surface area contributed by atoms with Gasteiger partial charge in [-0.15, -0.1) is 0 Å². The zero-order chi connectivity index (χ0) is 9.26. The molecule has 0 aliphatic carbocycles. The van der Waals surface area contributed by atoms with Crippen LogP contribution in [0.4, 0.5) is 0 Å². The average Bonchev–Trinajstić information content (AvgIpc) is 2.47. The molecule has 0 N–H and O–H groups in total. The Morgan fingerprint density at radius 2 is 2.15 bits per heavy atom. The first kappa shape index (κ1) is 9.59. The topological polar surface area (TPSA) is 26.0 Å². The maximum absolute atomic E-state index is 5.37. The molecule has 1 aromatic rings. The molecular formula is C9H12BrNOS. The number of halogens is 1. The van der Waals surface area contributed by atoms with Crippen molar-refractivity contribution >= 4 is 27.7 Å². The summed E-state index contributed by atoms with van der Waals surface area (Å²) in [5.41, 5.74) is 1.16. The minimum absolute atomic E-state index is 0.622. The molecule has 2 nitrogen and oxygen atoms in total. The first-order valence-electron chi connectivity index (χ1n) is 4.48. The highest BCUT2D eigenvalue weighted by atomic mass is 79.9. The van der Waals surface area contributed by atoms with Gasteiger partial charge < -0.3 is 4.42 Å². The van der Waals surface area contributed by atoms with Crippen LogP contribution in [0.15, 0.2) is 9.22 Å². The van der Waals surface area contributed by atoms with Gasteiger partial charge in [0.25, 0.3) is 4.80 Å². The number of rotatable bonds is 1. The van der Waals surface area contributed by atoms with E-state index >= 15 is 0 Å². The van der Waals surface area contributed by atoms with Crippen LogP contribution in [-0.2, 0) is 0 Å². The molecule has 0 saturated carbocycles. The van der Waals surface area contributed by atoms with Gasteiger partial charge in [-0.1, -0.05) is 0 Å². The van der Waals surface area contributed by atoms with Crippen molar-refractivity contribution in [2.24, 2.45) is 0 Å². The first-order chi connectivity index (χ1) is 6.27.